The summed E-state index contributed by atoms with van der Waals surface area (Å²) in [7, 11) is 0. The highest BCUT2D eigenvalue weighted by atomic mass is 16.7. The molecule has 0 aromatic heterocycles. The summed E-state index contributed by atoms with van der Waals surface area (Å²) < 4.78 is 21.4. The van der Waals surface area contributed by atoms with E-state index in [0.29, 0.717) is 5.56 Å². The zero-order valence-corrected chi connectivity index (χ0v) is 22.7. The van der Waals surface area contributed by atoms with E-state index in [0.717, 1.165) is 48.6 Å². The molecule has 13 heteroatoms. The second-order valence-corrected chi connectivity index (χ2v) is 10.3. The molecule has 3 aliphatic rings. The number of ketones is 2. The van der Waals surface area contributed by atoms with E-state index < -0.39 is 85.0 Å². The normalized spacial score (nSPS) is 27.0. The molecular weight excluding hydrogens is 568 g/mol. The molecule has 1 aromatic carbocycles. The number of ether oxygens (including phenoxy) is 4. The molecule has 1 aromatic rings. The maximum absolute atomic E-state index is 12.8. The van der Waals surface area contributed by atoms with Crippen LogP contribution in [-0.2, 0) is 49.3 Å². The monoisotopic (exact) mass is 598 g/mol. The fourth-order valence-electron chi connectivity index (χ4n) is 4.44. The number of hydrogen-bond donors (Lipinski definition) is 4. The number of carbonyl (C=O) groups excluding carboxylic acids is 5. The first-order chi connectivity index (χ1) is 20.3. The minimum absolute atomic E-state index is 0.220. The molecule has 0 unspecified atom stereocenters. The molecule has 0 radical (unpaired) electrons. The highest BCUT2D eigenvalue weighted by Crippen LogP contribution is 2.28. The lowest BCUT2D eigenvalue weighted by Gasteiger charge is -2.41. The van der Waals surface area contributed by atoms with Gasteiger partial charge in [0.25, 0.3) is 0 Å². The Kier molecular flexibility index (Phi) is 9.84. The first-order valence-electron chi connectivity index (χ1n) is 13.2. The van der Waals surface area contributed by atoms with Gasteiger partial charge in [0.15, 0.2) is 17.7 Å². The van der Waals surface area contributed by atoms with Crippen LogP contribution in [0.4, 0.5) is 0 Å². The summed E-state index contributed by atoms with van der Waals surface area (Å²) in [5.41, 5.74) is -3.06. The van der Waals surface area contributed by atoms with Crippen molar-refractivity contribution >= 4 is 29.5 Å². The van der Waals surface area contributed by atoms with Crippen molar-refractivity contribution in [2.45, 2.75) is 61.2 Å². The Morgan fingerprint density at radius 3 is 1.84 bits per heavy atom. The summed E-state index contributed by atoms with van der Waals surface area (Å²) >= 11 is 0. The third kappa shape index (κ3) is 8.63. The Balaban J connectivity index is 1.44. The minimum Gasteiger partial charge on any atom is -0.463 e. The van der Waals surface area contributed by atoms with Gasteiger partial charge >= 0.3 is 17.9 Å². The average Bonchev–Trinajstić information content (AvgIpc) is 2.96. The third-order valence-electron chi connectivity index (χ3n) is 6.76. The number of esters is 3. The second kappa shape index (κ2) is 13.4. The Bertz CT molecular complexity index is 1330. The highest BCUT2D eigenvalue weighted by molar-refractivity contribution is 6.01. The summed E-state index contributed by atoms with van der Waals surface area (Å²) in [6.07, 6.45) is -1.41. The topological polar surface area (TPSA) is 203 Å². The molecule has 1 aliphatic heterocycles. The zero-order valence-electron chi connectivity index (χ0n) is 22.7. The zero-order chi connectivity index (χ0) is 31.2. The standard InChI is InChI=1S/C30H30O13/c31-19-6-10-29(38,11-7-19)15-23(34)40-17-21-25(36)26(37)27(42-22(33)14-18-4-2-1-3-5-18)28(41-21)43-24(35)16-30(39)12-8-20(32)9-13-30/h1-13,21,25-28,36-39H,14-17H2/t21-,25-,26+,27+,28+/m1/s1. The van der Waals surface area contributed by atoms with Crippen LogP contribution in [0.5, 0.6) is 0 Å². The van der Waals surface area contributed by atoms with Crippen LogP contribution < -0.4 is 0 Å². The van der Waals surface area contributed by atoms with E-state index >= 15 is 0 Å². The number of carbonyl (C=O) groups is 5. The van der Waals surface area contributed by atoms with Gasteiger partial charge in [-0.1, -0.05) is 30.3 Å². The van der Waals surface area contributed by atoms with Crippen molar-refractivity contribution in [3.8, 4) is 0 Å². The molecule has 5 atom stereocenters. The van der Waals surface area contributed by atoms with Crippen molar-refractivity contribution in [2.75, 3.05) is 6.61 Å². The maximum Gasteiger partial charge on any atom is 0.311 e. The van der Waals surface area contributed by atoms with Crippen molar-refractivity contribution in [3.05, 3.63) is 84.5 Å². The molecule has 0 amide bonds. The maximum atomic E-state index is 12.8. The van der Waals surface area contributed by atoms with Gasteiger partial charge in [-0.05, 0) is 54.2 Å². The van der Waals surface area contributed by atoms with Crippen LogP contribution in [0.25, 0.3) is 0 Å². The van der Waals surface area contributed by atoms with Crippen molar-refractivity contribution < 1.29 is 63.3 Å². The molecule has 1 saturated heterocycles. The largest absolute Gasteiger partial charge is 0.463 e. The lowest BCUT2D eigenvalue weighted by molar-refractivity contribution is -0.297. The molecule has 4 rings (SSSR count). The lowest BCUT2D eigenvalue weighted by atomic mass is 9.94. The van der Waals surface area contributed by atoms with E-state index in [4.69, 9.17) is 18.9 Å². The van der Waals surface area contributed by atoms with Crippen LogP contribution >= 0.6 is 0 Å². The summed E-state index contributed by atoms with van der Waals surface area (Å²) in [6, 6.07) is 8.47. The van der Waals surface area contributed by atoms with E-state index in [1.807, 2.05) is 0 Å². The van der Waals surface area contributed by atoms with E-state index in [9.17, 15) is 44.4 Å². The van der Waals surface area contributed by atoms with Gasteiger partial charge in [0.1, 0.15) is 36.1 Å². The van der Waals surface area contributed by atoms with Gasteiger partial charge in [0, 0.05) is 0 Å². The Morgan fingerprint density at radius 1 is 0.744 bits per heavy atom. The number of aliphatic hydroxyl groups is 4. The van der Waals surface area contributed by atoms with Gasteiger partial charge in [0.2, 0.25) is 6.29 Å². The molecule has 0 spiro atoms. The Morgan fingerprint density at radius 2 is 1.28 bits per heavy atom. The molecule has 2 aliphatic carbocycles. The van der Waals surface area contributed by atoms with Gasteiger partial charge in [-0.25, -0.2) is 0 Å². The number of rotatable bonds is 10. The second-order valence-electron chi connectivity index (χ2n) is 10.3. The highest BCUT2D eigenvalue weighted by Gasteiger charge is 2.49. The number of allylic oxidation sites excluding steroid dienone is 4. The quantitative estimate of drug-likeness (QED) is 0.195. The lowest BCUT2D eigenvalue weighted by Crippen LogP contribution is -2.61. The van der Waals surface area contributed by atoms with Crippen molar-refractivity contribution in [2.24, 2.45) is 0 Å². The third-order valence-corrected chi connectivity index (χ3v) is 6.76. The van der Waals surface area contributed by atoms with Gasteiger partial charge in [-0.3, -0.25) is 24.0 Å². The molecule has 1 heterocycles. The van der Waals surface area contributed by atoms with Crippen LogP contribution in [0.15, 0.2) is 78.9 Å². The Labute approximate surface area is 245 Å². The summed E-state index contributed by atoms with van der Waals surface area (Å²) in [6.45, 7) is -0.671. The van der Waals surface area contributed by atoms with Gasteiger partial charge < -0.3 is 39.4 Å². The van der Waals surface area contributed by atoms with E-state index in [2.05, 4.69) is 0 Å². The van der Waals surface area contributed by atoms with E-state index in [1.54, 1.807) is 30.3 Å². The van der Waals surface area contributed by atoms with Crippen molar-refractivity contribution in [3.63, 3.8) is 0 Å². The van der Waals surface area contributed by atoms with Crippen LogP contribution in [-0.4, -0.2) is 98.4 Å². The van der Waals surface area contributed by atoms with Crippen molar-refractivity contribution in [1.82, 2.24) is 0 Å². The fraction of sp³-hybridized carbons (Fsp3) is 0.367. The van der Waals surface area contributed by atoms with Gasteiger partial charge in [-0.2, -0.15) is 0 Å². The summed E-state index contributed by atoms with van der Waals surface area (Å²) in [5.74, 6) is -3.64. The van der Waals surface area contributed by atoms with Crippen LogP contribution in [0.2, 0.25) is 0 Å². The van der Waals surface area contributed by atoms with Crippen molar-refractivity contribution in [1.29, 1.82) is 0 Å². The molecule has 1 fully saturated rings. The van der Waals surface area contributed by atoms with Gasteiger partial charge in [-0.15, -0.1) is 0 Å². The Hall–Kier alpha value is -4.27. The molecule has 0 saturated carbocycles. The average molecular weight is 599 g/mol. The van der Waals surface area contributed by atoms with Crippen LogP contribution in [0.1, 0.15) is 18.4 Å². The molecule has 4 N–H and O–H groups in total. The molecule has 228 valence electrons. The van der Waals surface area contributed by atoms with Gasteiger partial charge in [0.05, 0.1) is 19.3 Å². The molecule has 43 heavy (non-hydrogen) atoms. The number of benzene rings is 1. The minimum atomic E-state index is -1.87. The number of aliphatic hydroxyl groups excluding tert-OH is 2. The molecule has 13 nitrogen and oxygen atoms in total. The predicted octanol–water partition coefficient (Wildman–Crippen LogP) is -0.693. The number of hydrogen-bond acceptors (Lipinski definition) is 13. The van der Waals surface area contributed by atoms with E-state index in [1.165, 1.54) is 0 Å². The summed E-state index contributed by atoms with van der Waals surface area (Å²) in [5, 5.41) is 42.6. The van der Waals surface area contributed by atoms with Crippen LogP contribution in [0.3, 0.4) is 0 Å². The fourth-order valence-corrected chi connectivity index (χ4v) is 4.44. The SMILES string of the molecule is O=C1C=CC(O)(CC(=O)OC[C@H]2O[C@@H](OC(=O)CC3(O)C=CC(=O)C=C3)[C@@H](OC(=O)Cc3ccccc3)[C@@H](O)[C@@H]2O)C=C1. The predicted molar refractivity (Wildman–Crippen MR) is 143 cm³/mol. The molecular formula is C30H30O13. The van der Waals surface area contributed by atoms with Crippen LogP contribution in [0, 0.1) is 0 Å². The van der Waals surface area contributed by atoms with E-state index in [-0.39, 0.29) is 12.2 Å². The first-order valence-corrected chi connectivity index (χ1v) is 13.2. The smallest absolute Gasteiger partial charge is 0.311 e. The summed E-state index contributed by atoms with van der Waals surface area (Å²) in [4.78, 5) is 60.5. The first kappa shape index (κ1) is 31.7. The molecule has 0 bridgehead atoms.